The Hall–Kier alpha value is -3.33. The second-order valence-corrected chi connectivity index (χ2v) is 6.47. The van der Waals surface area contributed by atoms with E-state index in [1.165, 1.54) is 24.3 Å². The molecule has 0 fully saturated rings. The number of aromatic nitrogens is 2. The second kappa shape index (κ2) is 9.00. The molecule has 6 nitrogen and oxygen atoms in total. The number of esters is 1. The maximum atomic E-state index is 14.5. The van der Waals surface area contributed by atoms with E-state index < -0.39 is 34.0 Å². The molecule has 0 saturated carbocycles. The fourth-order valence-electron chi connectivity index (χ4n) is 2.60. The Balaban J connectivity index is 1.82. The molecule has 2 aromatic carbocycles. The molecule has 3 aromatic rings. The highest BCUT2D eigenvalue weighted by atomic mass is 35.5. The van der Waals surface area contributed by atoms with Crippen LogP contribution in [0.25, 0.3) is 0 Å². The van der Waals surface area contributed by atoms with Gasteiger partial charge in [0.15, 0.2) is 5.02 Å². The molecule has 10 heteroatoms. The van der Waals surface area contributed by atoms with Crippen LogP contribution in [0.2, 0.25) is 5.02 Å². The van der Waals surface area contributed by atoms with Gasteiger partial charge in [-0.25, -0.2) is 22.9 Å². The van der Waals surface area contributed by atoms with Crippen LogP contribution in [0.15, 0.2) is 47.5 Å². The van der Waals surface area contributed by atoms with Gasteiger partial charge in [-0.15, -0.1) is 0 Å². The molecule has 3 rings (SSSR count). The summed E-state index contributed by atoms with van der Waals surface area (Å²) in [7, 11) is 1.12. The first kappa shape index (κ1) is 21.4. The van der Waals surface area contributed by atoms with Gasteiger partial charge in [0.25, 0.3) is 5.56 Å². The quantitative estimate of drug-likeness (QED) is 0.548. The predicted molar refractivity (Wildman–Crippen MR) is 101 cm³/mol. The van der Waals surface area contributed by atoms with E-state index in [2.05, 4.69) is 9.72 Å². The van der Waals surface area contributed by atoms with Crippen LogP contribution in [0, 0.1) is 17.5 Å². The Labute approximate surface area is 173 Å². The summed E-state index contributed by atoms with van der Waals surface area (Å²) in [6.45, 7) is -0.590. The first-order valence-electron chi connectivity index (χ1n) is 8.49. The van der Waals surface area contributed by atoms with Crippen LogP contribution < -0.4 is 10.3 Å². The lowest BCUT2D eigenvalue weighted by atomic mass is 10.1. The lowest BCUT2D eigenvalue weighted by molar-refractivity contribution is 0.0595. The molecule has 30 heavy (non-hydrogen) atoms. The lowest BCUT2D eigenvalue weighted by Gasteiger charge is -2.11. The number of hydrogen-bond donors (Lipinski definition) is 0. The van der Waals surface area contributed by atoms with Gasteiger partial charge < -0.3 is 9.47 Å². The molecule has 0 aliphatic heterocycles. The molecule has 1 heterocycles. The number of hydrogen-bond acceptors (Lipinski definition) is 5. The average Bonchev–Trinajstić information content (AvgIpc) is 2.72. The zero-order valence-corrected chi connectivity index (χ0v) is 16.3. The molecule has 0 bridgehead atoms. The van der Waals surface area contributed by atoms with Gasteiger partial charge in [0, 0.05) is 17.2 Å². The summed E-state index contributed by atoms with van der Waals surface area (Å²) in [4.78, 5) is 28.0. The first-order valence-corrected chi connectivity index (χ1v) is 8.87. The minimum atomic E-state index is -0.852. The molecule has 0 saturated heterocycles. The number of carbonyl (C=O) groups is 1. The smallest absolute Gasteiger partial charge is 0.340 e. The topological polar surface area (TPSA) is 70.4 Å². The largest absolute Gasteiger partial charge is 0.471 e. The normalized spacial score (nSPS) is 10.7. The zero-order valence-electron chi connectivity index (χ0n) is 15.5. The highest BCUT2D eigenvalue weighted by Gasteiger charge is 2.17. The minimum Gasteiger partial charge on any atom is -0.471 e. The Morgan fingerprint density at radius 1 is 1.17 bits per heavy atom. The van der Waals surface area contributed by atoms with Gasteiger partial charge in [-0.05, 0) is 18.2 Å². The number of rotatable bonds is 6. The van der Waals surface area contributed by atoms with E-state index >= 15 is 0 Å². The number of benzene rings is 2. The molecular weight excluding hydrogens is 425 g/mol. The number of ether oxygens (including phenoxy) is 2. The number of carbonyl (C=O) groups excluding carboxylic acids is 1. The van der Waals surface area contributed by atoms with Crippen molar-refractivity contribution in [2.45, 2.75) is 13.2 Å². The molecule has 0 spiro atoms. The number of halogens is 4. The van der Waals surface area contributed by atoms with Gasteiger partial charge in [-0.1, -0.05) is 23.7 Å². The van der Waals surface area contributed by atoms with Crippen LogP contribution in [-0.4, -0.2) is 22.6 Å². The summed E-state index contributed by atoms with van der Waals surface area (Å²) in [6, 6.07) is 7.04. The summed E-state index contributed by atoms with van der Waals surface area (Å²) < 4.78 is 52.0. The lowest BCUT2D eigenvalue weighted by Crippen LogP contribution is -2.23. The maximum absolute atomic E-state index is 14.5. The van der Waals surface area contributed by atoms with E-state index in [-0.39, 0.29) is 35.7 Å². The molecule has 0 aliphatic rings. The third-order valence-corrected chi connectivity index (χ3v) is 4.48. The van der Waals surface area contributed by atoms with E-state index in [4.69, 9.17) is 16.3 Å². The van der Waals surface area contributed by atoms with Gasteiger partial charge in [-0.3, -0.25) is 9.36 Å². The Kier molecular flexibility index (Phi) is 6.41. The molecule has 0 radical (unpaired) electrons. The van der Waals surface area contributed by atoms with Crippen molar-refractivity contribution in [3.8, 4) is 5.88 Å². The second-order valence-electron chi connectivity index (χ2n) is 6.09. The SMILES string of the molecule is COC(=O)c1cccc(Cn2cnc(OCc3ccc(F)cc3F)c(Cl)c2=O)c1F. The molecule has 0 unspecified atom stereocenters. The fraction of sp³-hybridized carbons (Fsp3) is 0.150. The third kappa shape index (κ3) is 4.46. The van der Waals surface area contributed by atoms with Crippen molar-refractivity contribution in [2.24, 2.45) is 0 Å². The Morgan fingerprint density at radius 2 is 1.93 bits per heavy atom. The van der Waals surface area contributed by atoms with E-state index in [0.717, 1.165) is 24.1 Å². The van der Waals surface area contributed by atoms with Crippen molar-refractivity contribution in [1.29, 1.82) is 0 Å². The van der Waals surface area contributed by atoms with Crippen molar-refractivity contribution in [1.82, 2.24) is 9.55 Å². The Bertz CT molecular complexity index is 1170. The molecular formula is C20H14ClF3N2O4. The van der Waals surface area contributed by atoms with Crippen molar-refractivity contribution >= 4 is 17.6 Å². The molecule has 0 aliphatic carbocycles. The van der Waals surface area contributed by atoms with Crippen LogP contribution in [0.1, 0.15) is 21.5 Å². The standard InChI is InChI=1S/C20H14ClF3N2O4/c1-29-20(28)14-4-2-3-11(17(14)24)8-26-10-25-18(16(21)19(26)27)30-9-12-5-6-13(22)7-15(12)23/h2-7,10H,8-9H2,1H3. The number of nitrogens with zero attached hydrogens (tertiary/aromatic N) is 2. The summed E-state index contributed by atoms with van der Waals surface area (Å²) in [5, 5.41) is -0.399. The van der Waals surface area contributed by atoms with Crippen molar-refractivity contribution in [3.05, 3.63) is 92.2 Å². The highest BCUT2D eigenvalue weighted by Crippen LogP contribution is 2.20. The first-order chi connectivity index (χ1) is 14.3. The Morgan fingerprint density at radius 3 is 2.63 bits per heavy atom. The summed E-state index contributed by atoms with van der Waals surface area (Å²) in [6.07, 6.45) is 1.08. The van der Waals surface area contributed by atoms with Crippen LogP contribution >= 0.6 is 11.6 Å². The van der Waals surface area contributed by atoms with Gasteiger partial charge in [0.1, 0.15) is 30.4 Å². The van der Waals surface area contributed by atoms with Crippen LogP contribution in [0.3, 0.4) is 0 Å². The molecule has 1 aromatic heterocycles. The van der Waals surface area contributed by atoms with E-state index in [1.54, 1.807) is 0 Å². The zero-order chi connectivity index (χ0) is 21.8. The van der Waals surface area contributed by atoms with E-state index in [1.807, 2.05) is 0 Å². The molecule has 0 atom stereocenters. The predicted octanol–water partition coefficient (Wildman–Crippen LogP) is 3.73. The van der Waals surface area contributed by atoms with Crippen LogP contribution in [-0.2, 0) is 17.9 Å². The van der Waals surface area contributed by atoms with Crippen molar-refractivity contribution in [2.75, 3.05) is 7.11 Å². The monoisotopic (exact) mass is 438 g/mol. The maximum Gasteiger partial charge on any atom is 0.340 e. The van der Waals surface area contributed by atoms with Gasteiger partial charge in [-0.2, -0.15) is 0 Å². The minimum absolute atomic E-state index is 0.0416. The van der Waals surface area contributed by atoms with Gasteiger partial charge in [0.2, 0.25) is 5.88 Å². The third-order valence-electron chi connectivity index (χ3n) is 4.15. The molecule has 156 valence electrons. The van der Waals surface area contributed by atoms with E-state index in [0.29, 0.717) is 6.07 Å². The van der Waals surface area contributed by atoms with E-state index in [9.17, 15) is 22.8 Å². The van der Waals surface area contributed by atoms with Gasteiger partial charge in [0.05, 0.1) is 19.2 Å². The highest BCUT2D eigenvalue weighted by molar-refractivity contribution is 6.31. The summed E-state index contributed by atoms with van der Waals surface area (Å²) in [5.41, 5.74) is -0.924. The van der Waals surface area contributed by atoms with Crippen molar-refractivity contribution in [3.63, 3.8) is 0 Å². The van der Waals surface area contributed by atoms with Crippen molar-refractivity contribution < 1.29 is 27.4 Å². The van der Waals surface area contributed by atoms with Crippen LogP contribution in [0.5, 0.6) is 5.88 Å². The molecule has 0 amide bonds. The van der Waals surface area contributed by atoms with Gasteiger partial charge >= 0.3 is 5.97 Å². The van der Waals surface area contributed by atoms with Crippen LogP contribution in [0.4, 0.5) is 13.2 Å². The fourth-order valence-corrected chi connectivity index (χ4v) is 2.81. The average molecular weight is 439 g/mol. The summed E-state index contributed by atoms with van der Waals surface area (Å²) >= 11 is 6.00. The molecule has 0 N–H and O–H groups in total. The summed E-state index contributed by atoms with van der Waals surface area (Å²) in [5.74, 6) is -3.50. The number of methoxy groups -OCH3 is 1.